The SMILES string of the molecule is C=CCNc1nc(C(=O)OCC(=O)NCc2ccc(Cl)cc2)cs1. The van der Waals surface area contributed by atoms with Crippen LogP contribution in [0.4, 0.5) is 5.13 Å². The van der Waals surface area contributed by atoms with Crippen molar-refractivity contribution >= 4 is 39.9 Å². The molecule has 0 radical (unpaired) electrons. The van der Waals surface area contributed by atoms with E-state index < -0.39 is 11.9 Å². The van der Waals surface area contributed by atoms with Crippen LogP contribution >= 0.6 is 22.9 Å². The molecule has 0 saturated heterocycles. The third-order valence-electron chi connectivity index (χ3n) is 2.85. The Morgan fingerprint density at radius 1 is 1.33 bits per heavy atom. The minimum atomic E-state index is -0.639. The van der Waals surface area contributed by atoms with Gasteiger partial charge in [-0.15, -0.1) is 17.9 Å². The smallest absolute Gasteiger partial charge is 0.358 e. The van der Waals surface area contributed by atoms with Gasteiger partial charge in [0.2, 0.25) is 0 Å². The number of thiazole rings is 1. The first-order chi connectivity index (χ1) is 11.6. The minimum absolute atomic E-state index is 0.164. The van der Waals surface area contributed by atoms with Gasteiger partial charge in [0.15, 0.2) is 17.4 Å². The van der Waals surface area contributed by atoms with Gasteiger partial charge in [0.25, 0.3) is 5.91 Å². The summed E-state index contributed by atoms with van der Waals surface area (Å²) in [6.07, 6.45) is 1.68. The molecule has 0 atom stereocenters. The predicted molar refractivity (Wildman–Crippen MR) is 94.4 cm³/mol. The Kier molecular flexibility index (Phi) is 6.77. The Bertz CT molecular complexity index is 716. The van der Waals surface area contributed by atoms with E-state index in [9.17, 15) is 9.59 Å². The van der Waals surface area contributed by atoms with Crippen molar-refractivity contribution in [3.63, 3.8) is 0 Å². The Morgan fingerprint density at radius 3 is 2.79 bits per heavy atom. The number of esters is 1. The zero-order valence-electron chi connectivity index (χ0n) is 12.8. The lowest BCUT2D eigenvalue weighted by Crippen LogP contribution is -2.28. The summed E-state index contributed by atoms with van der Waals surface area (Å²) in [5.41, 5.74) is 1.06. The van der Waals surface area contributed by atoms with Crippen molar-refractivity contribution in [3.05, 3.63) is 58.6 Å². The number of carbonyl (C=O) groups excluding carboxylic acids is 2. The minimum Gasteiger partial charge on any atom is -0.451 e. The van der Waals surface area contributed by atoms with Gasteiger partial charge in [-0.3, -0.25) is 4.79 Å². The van der Waals surface area contributed by atoms with Crippen LogP contribution in [-0.2, 0) is 16.1 Å². The largest absolute Gasteiger partial charge is 0.451 e. The number of anilines is 1. The summed E-state index contributed by atoms with van der Waals surface area (Å²) in [5.74, 6) is -1.03. The number of hydrogen-bond donors (Lipinski definition) is 2. The Labute approximate surface area is 148 Å². The van der Waals surface area contributed by atoms with E-state index >= 15 is 0 Å². The number of amides is 1. The van der Waals surface area contributed by atoms with Crippen LogP contribution in [0.25, 0.3) is 0 Å². The first kappa shape index (κ1) is 18.0. The topological polar surface area (TPSA) is 80.3 Å². The molecule has 2 N–H and O–H groups in total. The van der Waals surface area contributed by atoms with Crippen LogP contribution in [0.15, 0.2) is 42.3 Å². The molecule has 2 aromatic rings. The zero-order valence-corrected chi connectivity index (χ0v) is 14.3. The first-order valence-electron chi connectivity index (χ1n) is 7.07. The quantitative estimate of drug-likeness (QED) is 0.555. The van der Waals surface area contributed by atoms with E-state index in [2.05, 4.69) is 22.2 Å². The molecule has 6 nitrogen and oxygen atoms in total. The van der Waals surface area contributed by atoms with Gasteiger partial charge in [0.05, 0.1) is 0 Å². The van der Waals surface area contributed by atoms with Crippen LogP contribution in [0.1, 0.15) is 16.1 Å². The molecular weight excluding hydrogens is 350 g/mol. The maximum Gasteiger partial charge on any atom is 0.358 e. The van der Waals surface area contributed by atoms with Crippen LogP contribution in [0, 0.1) is 0 Å². The lowest BCUT2D eigenvalue weighted by atomic mass is 10.2. The fourth-order valence-electron chi connectivity index (χ4n) is 1.67. The molecule has 1 aromatic carbocycles. The summed E-state index contributed by atoms with van der Waals surface area (Å²) in [7, 11) is 0. The van der Waals surface area contributed by atoms with Crippen molar-refractivity contribution in [2.24, 2.45) is 0 Å². The lowest BCUT2D eigenvalue weighted by molar-refractivity contribution is -0.124. The summed E-state index contributed by atoms with van der Waals surface area (Å²) >= 11 is 7.07. The Morgan fingerprint density at radius 2 is 2.08 bits per heavy atom. The van der Waals surface area contributed by atoms with Gasteiger partial charge < -0.3 is 15.4 Å². The van der Waals surface area contributed by atoms with Gasteiger partial charge in [-0.25, -0.2) is 9.78 Å². The molecule has 1 amide bonds. The molecule has 0 unspecified atom stereocenters. The highest BCUT2D eigenvalue weighted by Gasteiger charge is 2.13. The average molecular weight is 366 g/mol. The van der Waals surface area contributed by atoms with E-state index in [1.165, 1.54) is 11.3 Å². The number of ether oxygens (including phenoxy) is 1. The van der Waals surface area contributed by atoms with Crippen molar-refractivity contribution in [2.45, 2.75) is 6.54 Å². The highest BCUT2D eigenvalue weighted by molar-refractivity contribution is 7.13. The van der Waals surface area contributed by atoms with E-state index in [-0.39, 0.29) is 12.3 Å². The predicted octanol–water partition coefficient (Wildman–Crippen LogP) is 2.87. The van der Waals surface area contributed by atoms with Gasteiger partial charge in [0, 0.05) is 23.5 Å². The average Bonchev–Trinajstić information content (AvgIpc) is 3.06. The molecule has 0 aliphatic carbocycles. The van der Waals surface area contributed by atoms with Gasteiger partial charge in [0.1, 0.15) is 0 Å². The van der Waals surface area contributed by atoms with Crippen LogP contribution in [0.3, 0.4) is 0 Å². The number of carbonyl (C=O) groups is 2. The van der Waals surface area contributed by atoms with Gasteiger partial charge in [-0.05, 0) is 17.7 Å². The zero-order chi connectivity index (χ0) is 17.4. The number of nitrogens with one attached hydrogen (secondary N) is 2. The van der Waals surface area contributed by atoms with E-state index in [4.69, 9.17) is 16.3 Å². The monoisotopic (exact) mass is 365 g/mol. The normalized spacial score (nSPS) is 10.0. The van der Waals surface area contributed by atoms with E-state index in [1.807, 2.05) is 12.1 Å². The molecule has 0 fully saturated rings. The number of benzene rings is 1. The van der Waals surface area contributed by atoms with Crippen molar-refractivity contribution in [1.29, 1.82) is 0 Å². The molecule has 2 rings (SSSR count). The highest BCUT2D eigenvalue weighted by Crippen LogP contribution is 2.15. The lowest BCUT2D eigenvalue weighted by Gasteiger charge is -2.06. The molecule has 8 heteroatoms. The summed E-state index contributed by atoms with van der Waals surface area (Å²) < 4.78 is 4.94. The molecular formula is C16H16ClN3O3S. The third-order valence-corrected chi connectivity index (χ3v) is 3.90. The molecule has 1 heterocycles. The molecule has 0 aliphatic rings. The van der Waals surface area contributed by atoms with Crippen LogP contribution < -0.4 is 10.6 Å². The van der Waals surface area contributed by atoms with E-state index in [1.54, 1.807) is 23.6 Å². The number of aromatic nitrogens is 1. The van der Waals surface area contributed by atoms with E-state index in [0.717, 1.165) is 5.56 Å². The summed E-state index contributed by atoms with van der Waals surface area (Å²) in [5, 5.41) is 8.42. The van der Waals surface area contributed by atoms with Crippen molar-refractivity contribution in [3.8, 4) is 0 Å². The molecule has 0 spiro atoms. The van der Waals surface area contributed by atoms with Gasteiger partial charge in [-0.1, -0.05) is 29.8 Å². The van der Waals surface area contributed by atoms with Gasteiger partial charge in [-0.2, -0.15) is 0 Å². The van der Waals surface area contributed by atoms with Crippen LogP contribution in [0.2, 0.25) is 5.02 Å². The summed E-state index contributed by atoms with van der Waals surface area (Å²) in [4.78, 5) is 27.6. The van der Waals surface area contributed by atoms with Gasteiger partial charge >= 0.3 is 5.97 Å². The molecule has 0 saturated carbocycles. The fraction of sp³-hybridized carbons (Fsp3) is 0.188. The van der Waals surface area contributed by atoms with Crippen molar-refractivity contribution < 1.29 is 14.3 Å². The number of halogens is 1. The van der Waals surface area contributed by atoms with Crippen LogP contribution in [-0.4, -0.2) is 30.0 Å². The first-order valence-corrected chi connectivity index (χ1v) is 8.33. The molecule has 24 heavy (non-hydrogen) atoms. The third kappa shape index (κ3) is 5.68. The maximum absolute atomic E-state index is 11.8. The molecule has 0 bridgehead atoms. The second-order valence-electron chi connectivity index (χ2n) is 4.69. The molecule has 1 aromatic heterocycles. The number of nitrogens with zero attached hydrogens (tertiary/aromatic N) is 1. The van der Waals surface area contributed by atoms with Crippen LogP contribution in [0.5, 0.6) is 0 Å². The van der Waals surface area contributed by atoms with E-state index in [0.29, 0.717) is 23.2 Å². The number of rotatable bonds is 8. The maximum atomic E-state index is 11.8. The second-order valence-corrected chi connectivity index (χ2v) is 5.98. The summed E-state index contributed by atoms with van der Waals surface area (Å²) in [6.45, 7) is 4.10. The number of hydrogen-bond acceptors (Lipinski definition) is 6. The fourth-order valence-corrected chi connectivity index (χ4v) is 2.48. The Balaban J connectivity index is 1.74. The second kappa shape index (κ2) is 9.05. The summed E-state index contributed by atoms with van der Waals surface area (Å²) in [6, 6.07) is 7.09. The highest BCUT2D eigenvalue weighted by atomic mass is 35.5. The van der Waals surface area contributed by atoms with Crippen molar-refractivity contribution in [1.82, 2.24) is 10.3 Å². The molecule has 0 aliphatic heterocycles. The molecule has 126 valence electrons. The Hall–Kier alpha value is -2.38. The standard InChI is InChI=1S/C16H16ClN3O3S/c1-2-7-18-16-20-13(10-24-16)15(22)23-9-14(21)19-8-11-3-5-12(17)6-4-11/h2-6,10H,1,7-9H2,(H,18,20)(H,19,21). The van der Waals surface area contributed by atoms with Crippen molar-refractivity contribution in [2.75, 3.05) is 18.5 Å².